The number of aliphatic hydroxyl groups is 1. The number of benzene rings is 1. The summed E-state index contributed by atoms with van der Waals surface area (Å²) in [4.78, 5) is 0. The average molecular weight is 256 g/mol. The fourth-order valence-corrected chi connectivity index (χ4v) is 1.57. The van der Waals surface area contributed by atoms with Crippen LogP contribution in [0.15, 0.2) is 24.4 Å². The van der Waals surface area contributed by atoms with Crippen molar-refractivity contribution in [2.24, 2.45) is 0 Å². The van der Waals surface area contributed by atoms with Gasteiger partial charge in [-0.3, -0.25) is 0 Å². The molecule has 2 rings (SSSR count). The van der Waals surface area contributed by atoms with E-state index >= 15 is 0 Å². The molecule has 0 saturated carbocycles. The van der Waals surface area contributed by atoms with Crippen LogP contribution < -0.4 is 0 Å². The van der Waals surface area contributed by atoms with Crippen LogP contribution in [-0.4, -0.2) is 20.1 Å². The minimum absolute atomic E-state index is 0.0237. The molecule has 0 aliphatic heterocycles. The van der Waals surface area contributed by atoms with E-state index < -0.39 is 11.9 Å². The van der Waals surface area contributed by atoms with E-state index in [9.17, 15) is 9.50 Å². The Morgan fingerprint density at radius 2 is 2.29 bits per heavy atom. The maximum absolute atomic E-state index is 13.0. The van der Waals surface area contributed by atoms with Gasteiger partial charge in [0, 0.05) is 0 Å². The minimum atomic E-state index is -0.639. The lowest BCUT2D eigenvalue weighted by molar-refractivity contribution is 0.169. The fraction of sp³-hybridized carbons (Fsp3) is 0.273. The van der Waals surface area contributed by atoms with Gasteiger partial charge in [-0.15, -0.1) is 5.10 Å². The zero-order chi connectivity index (χ0) is 12.4. The molecule has 17 heavy (non-hydrogen) atoms. The number of aliphatic hydroxyl groups excluding tert-OH is 1. The van der Waals surface area contributed by atoms with Crippen molar-refractivity contribution < 1.29 is 9.50 Å². The molecule has 0 aliphatic carbocycles. The predicted molar refractivity (Wildman–Crippen MR) is 61.6 cm³/mol. The molecular formula is C11H11ClFN3O. The van der Waals surface area contributed by atoms with Gasteiger partial charge in [-0.05, 0) is 24.6 Å². The van der Waals surface area contributed by atoms with Crippen LogP contribution in [0.25, 0.3) is 5.69 Å². The summed E-state index contributed by atoms with van der Waals surface area (Å²) in [6, 6.07) is 4.25. The molecule has 0 fully saturated rings. The fourth-order valence-electron chi connectivity index (χ4n) is 1.39. The SMILES string of the molecule is CCC(O)c1cn(-c2ccc(F)c(Cl)c2)nn1. The largest absolute Gasteiger partial charge is 0.387 e. The predicted octanol–water partition coefficient (Wildman–Crippen LogP) is 2.50. The highest BCUT2D eigenvalue weighted by Gasteiger charge is 2.11. The van der Waals surface area contributed by atoms with Gasteiger partial charge in [-0.2, -0.15) is 0 Å². The van der Waals surface area contributed by atoms with E-state index in [2.05, 4.69) is 10.3 Å². The van der Waals surface area contributed by atoms with E-state index in [4.69, 9.17) is 11.6 Å². The Morgan fingerprint density at radius 1 is 1.53 bits per heavy atom. The molecule has 0 spiro atoms. The third-order valence-electron chi connectivity index (χ3n) is 2.41. The number of aromatic nitrogens is 3. The van der Waals surface area contributed by atoms with E-state index in [1.807, 2.05) is 6.92 Å². The lowest BCUT2D eigenvalue weighted by Crippen LogP contribution is -1.96. The average Bonchev–Trinajstić information content (AvgIpc) is 2.81. The molecule has 4 nitrogen and oxygen atoms in total. The molecule has 0 amide bonds. The van der Waals surface area contributed by atoms with Crippen molar-refractivity contribution in [1.82, 2.24) is 15.0 Å². The van der Waals surface area contributed by atoms with E-state index in [-0.39, 0.29) is 5.02 Å². The summed E-state index contributed by atoms with van der Waals surface area (Å²) in [5.41, 5.74) is 1.08. The Morgan fingerprint density at radius 3 is 2.94 bits per heavy atom. The Kier molecular flexibility index (Phi) is 3.40. The molecule has 90 valence electrons. The zero-order valence-corrected chi connectivity index (χ0v) is 9.89. The molecule has 1 aromatic carbocycles. The van der Waals surface area contributed by atoms with E-state index in [0.717, 1.165) is 0 Å². The lowest BCUT2D eigenvalue weighted by Gasteiger charge is -2.02. The van der Waals surface area contributed by atoms with Crippen LogP contribution in [0.5, 0.6) is 0 Å². The van der Waals surface area contributed by atoms with E-state index in [1.165, 1.54) is 22.9 Å². The maximum Gasteiger partial charge on any atom is 0.141 e. The van der Waals surface area contributed by atoms with Gasteiger partial charge in [0.15, 0.2) is 0 Å². The van der Waals surface area contributed by atoms with Gasteiger partial charge >= 0.3 is 0 Å². The number of rotatable bonds is 3. The Balaban J connectivity index is 2.33. The standard InChI is InChI=1S/C11H11ClFN3O/c1-2-11(17)10-6-16(15-14-10)7-3-4-9(13)8(12)5-7/h3-6,11,17H,2H2,1H3. The number of hydrogen-bond acceptors (Lipinski definition) is 3. The van der Waals surface area contributed by atoms with Crippen LogP contribution in [-0.2, 0) is 0 Å². The van der Waals surface area contributed by atoms with Crippen molar-refractivity contribution in [3.05, 3.63) is 40.9 Å². The normalized spacial score (nSPS) is 12.7. The van der Waals surface area contributed by atoms with Crippen LogP contribution >= 0.6 is 11.6 Å². The topological polar surface area (TPSA) is 50.9 Å². The summed E-state index contributed by atoms with van der Waals surface area (Å²) >= 11 is 5.67. The molecule has 0 saturated heterocycles. The second-order valence-corrected chi connectivity index (χ2v) is 4.02. The lowest BCUT2D eigenvalue weighted by atomic mass is 10.2. The molecular weight excluding hydrogens is 245 g/mol. The monoisotopic (exact) mass is 255 g/mol. The van der Waals surface area contributed by atoms with Crippen LogP contribution in [0.4, 0.5) is 4.39 Å². The Labute approximate surface area is 103 Å². The first-order valence-corrected chi connectivity index (χ1v) is 5.55. The smallest absolute Gasteiger partial charge is 0.141 e. The van der Waals surface area contributed by atoms with Crippen LogP contribution in [0.1, 0.15) is 25.1 Å². The maximum atomic E-state index is 13.0. The molecule has 0 aliphatic rings. The number of hydrogen-bond donors (Lipinski definition) is 1. The van der Waals surface area contributed by atoms with Gasteiger partial charge < -0.3 is 5.11 Å². The quantitative estimate of drug-likeness (QED) is 0.917. The molecule has 0 radical (unpaired) electrons. The molecule has 1 N–H and O–H groups in total. The van der Waals surface area contributed by atoms with Gasteiger partial charge in [-0.25, -0.2) is 9.07 Å². The summed E-state index contributed by atoms with van der Waals surface area (Å²) in [6.45, 7) is 1.85. The van der Waals surface area contributed by atoms with Crippen molar-refractivity contribution in [3.63, 3.8) is 0 Å². The second-order valence-electron chi connectivity index (χ2n) is 3.61. The third kappa shape index (κ3) is 2.45. The molecule has 1 atom stereocenters. The molecule has 0 bridgehead atoms. The van der Waals surface area contributed by atoms with Gasteiger partial charge in [0.05, 0.1) is 23.0 Å². The highest BCUT2D eigenvalue weighted by atomic mass is 35.5. The zero-order valence-electron chi connectivity index (χ0n) is 9.14. The summed E-state index contributed by atoms with van der Waals surface area (Å²) in [5, 5.41) is 17.3. The molecule has 1 aromatic heterocycles. The second kappa shape index (κ2) is 4.81. The van der Waals surface area contributed by atoms with Gasteiger partial charge in [0.1, 0.15) is 11.5 Å². The highest BCUT2D eigenvalue weighted by Crippen LogP contribution is 2.19. The van der Waals surface area contributed by atoms with Crippen molar-refractivity contribution in [2.75, 3.05) is 0 Å². The first kappa shape index (κ1) is 12.0. The highest BCUT2D eigenvalue weighted by molar-refractivity contribution is 6.30. The van der Waals surface area contributed by atoms with E-state index in [0.29, 0.717) is 17.8 Å². The summed E-state index contributed by atoms with van der Waals surface area (Å²) in [6.07, 6.45) is 1.51. The van der Waals surface area contributed by atoms with Crippen molar-refractivity contribution in [2.45, 2.75) is 19.4 Å². The molecule has 1 unspecified atom stereocenters. The first-order valence-electron chi connectivity index (χ1n) is 5.17. The Bertz CT molecular complexity index is 529. The van der Waals surface area contributed by atoms with Crippen molar-refractivity contribution >= 4 is 11.6 Å². The van der Waals surface area contributed by atoms with Crippen LogP contribution in [0.3, 0.4) is 0 Å². The molecule has 2 aromatic rings. The van der Waals surface area contributed by atoms with Crippen LogP contribution in [0, 0.1) is 5.82 Å². The van der Waals surface area contributed by atoms with Crippen LogP contribution in [0.2, 0.25) is 5.02 Å². The third-order valence-corrected chi connectivity index (χ3v) is 2.70. The molecule has 1 heterocycles. The number of nitrogens with zero attached hydrogens (tertiary/aromatic N) is 3. The van der Waals surface area contributed by atoms with Gasteiger partial charge in [-0.1, -0.05) is 23.7 Å². The summed E-state index contributed by atoms with van der Waals surface area (Å²) < 4.78 is 14.4. The summed E-state index contributed by atoms with van der Waals surface area (Å²) in [5.74, 6) is -0.482. The van der Waals surface area contributed by atoms with E-state index in [1.54, 1.807) is 6.20 Å². The minimum Gasteiger partial charge on any atom is -0.387 e. The first-order chi connectivity index (χ1) is 8.11. The van der Waals surface area contributed by atoms with Gasteiger partial charge in [0.25, 0.3) is 0 Å². The number of halogens is 2. The molecule has 6 heteroatoms. The van der Waals surface area contributed by atoms with Crippen molar-refractivity contribution in [3.8, 4) is 5.69 Å². The summed E-state index contributed by atoms with van der Waals surface area (Å²) in [7, 11) is 0. The van der Waals surface area contributed by atoms with Gasteiger partial charge in [0.2, 0.25) is 0 Å². The Hall–Kier alpha value is -1.46. The van der Waals surface area contributed by atoms with Crippen molar-refractivity contribution in [1.29, 1.82) is 0 Å².